The third-order valence-electron chi connectivity index (χ3n) is 0.663. The molecule has 0 aromatic rings. The standard InChI is InChI=1S/C3H2Cl2NOS/c4-2-1-6(7)8-3(2)5/h1H2/q+1. The number of halogens is 2. The number of nitrogens with zero attached hydrogens (tertiary/aromatic N) is 1. The van der Waals surface area contributed by atoms with Crippen LogP contribution in [-0.4, -0.2) is 10.7 Å². The summed E-state index contributed by atoms with van der Waals surface area (Å²) in [5.41, 5.74) is 0. The van der Waals surface area contributed by atoms with Crippen molar-refractivity contribution in [2.45, 2.75) is 0 Å². The first kappa shape index (κ1) is 6.39. The molecular weight excluding hydrogens is 169 g/mol. The highest BCUT2D eigenvalue weighted by atomic mass is 35.5. The third-order valence-corrected chi connectivity index (χ3v) is 2.36. The minimum absolute atomic E-state index is 0.213. The molecule has 0 fully saturated rings. The fourth-order valence-corrected chi connectivity index (χ4v) is 1.46. The average molecular weight is 171 g/mol. The van der Waals surface area contributed by atoms with Crippen LogP contribution in [0.15, 0.2) is 9.40 Å². The van der Waals surface area contributed by atoms with Gasteiger partial charge in [-0.3, -0.25) is 0 Å². The Hall–Kier alpha value is 0.270. The van der Waals surface area contributed by atoms with E-state index in [1.54, 1.807) is 0 Å². The van der Waals surface area contributed by atoms with Crippen molar-refractivity contribution >= 4 is 35.1 Å². The van der Waals surface area contributed by atoms with E-state index in [9.17, 15) is 4.91 Å². The van der Waals surface area contributed by atoms with Gasteiger partial charge in [-0.05, 0) is 0 Å². The number of nitroso groups, excluding NO2 is 1. The highest BCUT2D eigenvalue weighted by molar-refractivity contribution is 7.99. The van der Waals surface area contributed by atoms with Crippen LogP contribution >= 0.6 is 35.1 Å². The molecule has 0 bridgehead atoms. The Morgan fingerprint density at radius 2 is 2.25 bits per heavy atom. The highest BCUT2D eigenvalue weighted by Crippen LogP contribution is 2.33. The van der Waals surface area contributed by atoms with Crippen LogP contribution in [0, 0.1) is 4.91 Å². The van der Waals surface area contributed by atoms with E-state index in [4.69, 9.17) is 23.2 Å². The van der Waals surface area contributed by atoms with Crippen molar-refractivity contribution in [2.24, 2.45) is 0 Å². The quantitative estimate of drug-likeness (QED) is 0.410. The van der Waals surface area contributed by atoms with E-state index >= 15 is 0 Å². The summed E-state index contributed by atoms with van der Waals surface area (Å²) in [7, 11) is 0. The van der Waals surface area contributed by atoms with Crippen LogP contribution in [-0.2, 0) is 0 Å². The normalized spacial score (nSPS) is 20.5. The molecule has 5 heteroatoms. The third kappa shape index (κ3) is 1.16. The van der Waals surface area contributed by atoms with Gasteiger partial charge < -0.3 is 0 Å². The highest BCUT2D eigenvalue weighted by Gasteiger charge is 2.28. The van der Waals surface area contributed by atoms with E-state index in [0.29, 0.717) is 9.40 Å². The fraction of sp³-hybridized carbons (Fsp3) is 0.333. The molecule has 0 spiro atoms. The Morgan fingerprint density at radius 3 is 2.38 bits per heavy atom. The Bertz CT molecular complexity index is 151. The van der Waals surface area contributed by atoms with Gasteiger partial charge in [-0.25, -0.2) is 0 Å². The van der Waals surface area contributed by atoms with Crippen LogP contribution in [0.2, 0.25) is 0 Å². The van der Waals surface area contributed by atoms with Gasteiger partial charge >= 0.3 is 0 Å². The van der Waals surface area contributed by atoms with Crippen LogP contribution in [0.4, 0.5) is 0 Å². The van der Waals surface area contributed by atoms with E-state index in [0.717, 1.165) is 16.1 Å². The summed E-state index contributed by atoms with van der Waals surface area (Å²) in [6.07, 6.45) is 0. The molecule has 1 rings (SSSR count). The summed E-state index contributed by atoms with van der Waals surface area (Å²) >= 11 is 11.8. The first-order valence-electron chi connectivity index (χ1n) is 1.87. The molecule has 0 saturated carbocycles. The van der Waals surface area contributed by atoms with Gasteiger partial charge in [0, 0.05) is 4.91 Å². The van der Waals surface area contributed by atoms with Crippen molar-refractivity contribution in [3.05, 3.63) is 14.3 Å². The maximum Gasteiger partial charge on any atom is 0.264 e. The Balaban J connectivity index is 2.73. The summed E-state index contributed by atoms with van der Waals surface area (Å²) in [5, 5.41) is 0.437. The Morgan fingerprint density at radius 1 is 1.62 bits per heavy atom. The fourth-order valence-electron chi connectivity index (χ4n) is 0.347. The summed E-state index contributed by atoms with van der Waals surface area (Å²) in [6.45, 7) is 0.213. The molecule has 8 heavy (non-hydrogen) atoms. The summed E-state index contributed by atoms with van der Waals surface area (Å²) < 4.78 is 1.12. The second-order valence-electron chi connectivity index (χ2n) is 1.26. The van der Waals surface area contributed by atoms with Gasteiger partial charge in [0.25, 0.3) is 11.9 Å². The SMILES string of the molecule is O=[N+]1CC(Cl)=C(Cl)S1. The second-order valence-corrected chi connectivity index (χ2v) is 3.32. The molecule has 44 valence electrons. The second kappa shape index (κ2) is 2.25. The minimum Gasteiger partial charge on any atom is -0.0795 e. The summed E-state index contributed by atoms with van der Waals surface area (Å²) in [4.78, 5) is 10.3. The molecule has 1 aliphatic rings. The average Bonchev–Trinajstić information content (AvgIpc) is 1.85. The molecular formula is C3H2Cl2NOS+. The molecule has 0 saturated heterocycles. The monoisotopic (exact) mass is 170 g/mol. The largest absolute Gasteiger partial charge is 0.264 e. The number of rotatable bonds is 0. The molecule has 0 atom stereocenters. The lowest BCUT2D eigenvalue weighted by Gasteiger charge is -1.70. The van der Waals surface area contributed by atoms with Crippen molar-refractivity contribution < 1.29 is 4.17 Å². The molecule has 1 aliphatic heterocycles. The van der Waals surface area contributed by atoms with Crippen molar-refractivity contribution in [1.82, 2.24) is 0 Å². The van der Waals surface area contributed by atoms with E-state index < -0.39 is 0 Å². The molecule has 0 aliphatic carbocycles. The Kier molecular flexibility index (Phi) is 1.80. The van der Waals surface area contributed by atoms with Crippen LogP contribution in [0.25, 0.3) is 0 Å². The number of hydrogen-bond acceptors (Lipinski definition) is 2. The zero-order chi connectivity index (χ0) is 6.15. The molecule has 0 amide bonds. The zero-order valence-corrected chi connectivity index (χ0v) is 6.06. The van der Waals surface area contributed by atoms with Crippen LogP contribution in [0.3, 0.4) is 0 Å². The first-order valence-corrected chi connectivity index (χ1v) is 3.40. The molecule has 1 heterocycles. The molecule has 0 unspecified atom stereocenters. The van der Waals surface area contributed by atoms with Gasteiger partial charge in [0.2, 0.25) is 6.54 Å². The van der Waals surface area contributed by atoms with Crippen LogP contribution in [0.1, 0.15) is 0 Å². The summed E-state index contributed by atoms with van der Waals surface area (Å²) in [5.74, 6) is 0. The smallest absolute Gasteiger partial charge is 0.0795 e. The predicted molar refractivity (Wildman–Crippen MR) is 34.8 cm³/mol. The Labute approximate surface area is 60.5 Å². The molecule has 0 radical (unpaired) electrons. The van der Waals surface area contributed by atoms with E-state index in [1.807, 2.05) is 0 Å². The van der Waals surface area contributed by atoms with Gasteiger partial charge in [0.15, 0.2) is 4.36 Å². The lowest BCUT2D eigenvalue weighted by Crippen LogP contribution is -1.90. The van der Waals surface area contributed by atoms with Gasteiger partial charge in [0.1, 0.15) is 5.03 Å². The van der Waals surface area contributed by atoms with Crippen molar-refractivity contribution in [3.8, 4) is 0 Å². The van der Waals surface area contributed by atoms with E-state index in [2.05, 4.69) is 0 Å². The predicted octanol–water partition coefficient (Wildman–Crippen LogP) is 2.07. The molecule has 0 N–H and O–H groups in total. The molecule has 0 aromatic carbocycles. The van der Waals surface area contributed by atoms with Crippen LogP contribution < -0.4 is 0 Å². The van der Waals surface area contributed by atoms with Crippen molar-refractivity contribution in [2.75, 3.05) is 6.54 Å². The summed E-state index contributed by atoms with van der Waals surface area (Å²) in [6, 6.07) is 0. The molecule has 2 nitrogen and oxygen atoms in total. The lowest BCUT2D eigenvalue weighted by atomic mass is 10.6. The zero-order valence-electron chi connectivity index (χ0n) is 3.73. The van der Waals surface area contributed by atoms with Crippen LogP contribution in [0.5, 0.6) is 0 Å². The first-order chi connectivity index (χ1) is 3.70. The molecule has 0 aromatic heterocycles. The van der Waals surface area contributed by atoms with Crippen molar-refractivity contribution in [3.63, 3.8) is 0 Å². The lowest BCUT2D eigenvalue weighted by molar-refractivity contribution is -0.353. The van der Waals surface area contributed by atoms with E-state index in [1.165, 1.54) is 0 Å². The van der Waals surface area contributed by atoms with Gasteiger partial charge in [-0.1, -0.05) is 23.2 Å². The maximum atomic E-state index is 10.3. The number of hydrogen-bond donors (Lipinski definition) is 0. The minimum atomic E-state index is 0.213. The van der Waals surface area contributed by atoms with Gasteiger partial charge in [-0.2, -0.15) is 0 Å². The van der Waals surface area contributed by atoms with Gasteiger partial charge in [0.05, 0.1) is 4.17 Å². The van der Waals surface area contributed by atoms with Gasteiger partial charge in [-0.15, -0.1) is 0 Å². The van der Waals surface area contributed by atoms with E-state index in [-0.39, 0.29) is 6.54 Å². The maximum absolute atomic E-state index is 10.3. The topological polar surface area (TPSA) is 20.1 Å². The van der Waals surface area contributed by atoms with Crippen molar-refractivity contribution in [1.29, 1.82) is 0 Å².